The van der Waals surface area contributed by atoms with Gasteiger partial charge in [0.15, 0.2) is 0 Å². The fourth-order valence-electron chi connectivity index (χ4n) is 2.42. The molecule has 0 bridgehead atoms. The highest BCUT2D eigenvalue weighted by molar-refractivity contribution is 5.85. The van der Waals surface area contributed by atoms with Crippen molar-refractivity contribution < 1.29 is 9.53 Å². The zero-order valence-electron chi connectivity index (χ0n) is 10.5. The van der Waals surface area contributed by atoms with Crippen LogP contribution in [0.4, 0.5) is 0 Å². The second-order valence-corrected chi connectivity index (χ2v) is 4.61. The predicted molar refractivity (Wildman–Crippen MR) is 63.1 cm³/mol. The average Bonchev–Trinajstić information content (AvgIpc) is 2.26. The quantitative estimate of drug-likeness (QED) is 0.662. The van der Waals surface area contributed by atoms with Gasteiger partial charge in [0, 0.05) is 33.3 Å². The van der Waals surface area contributed by atoms with Crippen LogP contribution in [-0.4, -0.2) is 56.2 Å². The molecule has 1 heterocycles. The summed E-state index contributed by atoms with van der Waals surface area (Å²) in [5.41, 5.74) is 4.94. The predicted octanol–water partition coefficient (Wildman–Crippen LogP) is -0.582. The van der Waals surface area contributed by atoms with E-state index in [1.807, 2.05) is 13.8 Å². The molecule has 0 spiro atoms. The molecule has 1 amide bonds. The van der Waals surface area contributed by atoms with E-state index in [1.54, 1.807) is 7.11 Å². The minimum atomic E-state index is -0.670. The molecule has 3 N–H and O–H groups in total. The molecule has 1 aliphatic rings. The Balaban J connectivity index is 2.93. The molecule has 0 aromatic rings. The van der Waals surface area contributed by atoms with Crippen LogP contribution in [0.25, 0.3) is 0 Å². The van der Waals surface area contributed by atoms with E-state index in [0.717, 1.165) is 26.2 Å². The van der Waals surface area contributed by atoms with Crippen LogP contribution in [0.3, 0.4) is 0 Å². The number of nitrogens with two attached hydrogens (primary N) is 1. The molecule has 0 radical (unpaired) electrons. The van der Waals surface area contributed by atoms with E-state index in [1.165, 1.54) is 0 Å². The highest BCUT2D eigenvalue weighted by atomic mass is 16.5. The number of amides is 1. The van der Waals surface area contributed by atoms with Crippen LogP contribution >= 0.6 is 0 Å². The molecule has 1 aliphatic heterocycles. The van der Waals surface area contributed by atoms with Crippen molar-refractivity contribution in [3.63, 3.8) is 0 Å². The van der Waals surface area contributed by atoms with Crippen molar-refractivity contribution in [2.24, 2.45) is 11.7 Å². The van der Waals surface area contributed by atoms with Crippen LogP contribution in [-0.2, 0) is 9.53 Å². The van der Waals surface area contributed by atoms with E-state index in [2.05, 4.69) is 10.2 Å². The van der Waals surface area contributed by atoms with Gasteiger partial charge < -0.3 is 15.8 Å². The summed E-state index contributed by atoms with van der Waals surface area (Å²) < 4.78 is 5.22. The number of rotatable bonds is 5. The largest absolute Gasteiger partial charge is 0.382 e. The third kappa shape index (κ3) is 2.36. The molecule has 5 nitrogen and oxygen atoms in total. The van der Waals surface area contributed by atoms with Crippen molar-refractivity contribution in [1.82, 2.24) is 10.2 Å². The van der Waals surface area contributed by atoms with E-state index in [9.17, 15) is 4.79 Å². The number of hydrogen-bond donors (Lipinski definition) is 2. The normalized spacial score (nSPS) is 22.0. The molecule has 1 atom stereocenters. The van der Waals surface area contributed by atoms with Gasteiger partial charge in [-0.2, -0.15) is 0 Å². The Morgan fingerprint density at radius 2 is 2.06 bits per heavy atom. The summed E-state index contributed by atoms with van der Waals surface area (Å²) in [7, 11) is 1.61. The monoisotopic (exact) mass is 229 g/mol. The summed E-state index contributed by atoms with van der Waals surface area (Å²) in [5.74, 6) is -0.144. The first-order valence-electron chi connectivity index (χ1n) is 5.80. The molecule has 16 heavy (non-hydrogen) atoms. The highest BCUT2D eigenvalue weighted by Crippen LogP contribution is 2.25. The molecule has 1 rings (SSSR count). The van der Waals surface area contributed by atoms with Gasteiger partial charge in [0.25, 0.3) is 0 Å². The fourth-order valence-corrected chi connectivity index (χ4v) is 2.42. The third-order valence-electron chi connectivity index (χ3n) is 3.43. The molecule has 0 saturated carbocycles. The van der Waals surface area contributed by atoms with Crippen LogP contribution in [0.2, 0.25) is 0 Å². The number of primary amides is 1. The molecular weight excluding hydrogens is 206 g/mol. The molecular formula is C11H23N3O2. The number of piperazine rings is 1. The van der Waals surface area contributed by atoms with Gasteiger partial charge in [0.05, 0.1) is 6.61 Å². The first-order chi connectivity index (χ1) is 7.55. The summed E-state index contributed by atoms with van der Waals surface area (Å²) in [4.78, 5) is 14.0. The molecule has 0 aromatic carbocycles. The number of hydrogen-bond acceptors (Lipinski definition) is 4. The topological polar surface area (TPSA) is 67.6 Å². The molecule has 1 fully saturated rings. The van der Waals surface area contributed by atoms with Crippen LogP contribution in [0.5, 0.6) is 0 Å². The van der Waals surface area contributed by atoms with Crippen LogP contribution in [0, 0.1) is 5.92 Å². The van der Waals surface area contributed by atoms with Gasteiger partial charge in [0.1, 0.15) is 5.54 Å². The maximum Gasteiger partial charge on any atom is 0.240 e. The number of nitrogens with zero attached hydrogens (tertiary/aromatic N) is 1. The second kappa shape index (κ2) is 5.61. The number of carbonyl (C=O) groups excluding carboxylic acids is 1. The maximum absolute atomic E-state index is 11.8. The van der Waals surface area contributed by atoms with E-state index in [4.69, 9.17) is 10.5 Å². The lowest BCUT2D eigenvalue weighted by Gasteiger charge is -2.45. The summed E-state index contributed by atoms with van der Waals surface area (Å²) in [5, 5.41) is 3.27. The summed E-state index contributed by atoms with van der Waals surface area (Å²) in [6, 6.07) is 0. The lowest BCUT2D eigenvalue weighted by Crippen LogP contribution is -2.67. The minimum Gasteiger partial charge on any atom is -0.382 e. The van der Waals surface area contributed by atoms with Crippen molar-refractivity contribution in [2.75, 3.05) is 39.9 Å². The molecule has 94 valence electrons. The zero-order chi connectivity index (χ0) is 12.2. The first kappa shape index (κ1) is 13.4. The molecule has 1 saturated heterocycles. The average molecular weight is 229 g/mol. The van der Waals surface area contributed by atoms with Crippen molar-refractivity contribution in [2.45, 2.75) is 19.4 Å². The van der Waals surface area contributed by atoms with Gasteiger partial charge in [-0.25, -0.2) is 0 Å². The smallest absolute Gasteiger partial charge is 0.240 e. The Hall–Kier alpha value is -0.650. The van der Waals surface area contributed by atoms with Gasteiger partial charge in [-0.1, -0.05) is 13.8 Å². The highest BCUT2D eigenvalue weighted by Gasteiger charge is 2.45. The molecule has 0 aromatic heterocycles. The van der Waals surface area contributed by atoms with Crippen LogP contribution in [0.1, 0.15) is 13.8 Å². The van der Waals surface area contributed by atoms with Crippen molar-refractivity contribution in [3.8, 4) is 0 Å². The lowest BCUT2D eigenvalue weighted by molar-refractivity contribution is -0.139. The Bertz CT molecular complexity index is 239. The number of carbonyl (C=O) groups is 1. The van der Waals surface area contributed by atoms with E-state index >= 15 is 0 Å². The van der Waals surface area contributed by atoms with Crippen molar-refractivity contribution >= 4 is 5.91 Å². The van der Waals surface area contributed by atoms with Gasteiger partial charge in [-0.15, -0.1) is 0 Å². The van der Waals surface area contributed by atoms with Crippen molar-refractivity contribution in [3.05, 3.63) is 0 Å². The van der Waals surface area contributed by atoms with Gasteiger partial charge >= 0.3 is 0 Å². The Labute approximate surface area is 97.3 Å². The Morgan fingerprint density at radius 1 is 1.50 bits per heavy atom. The standard InChI is InChI=1S/C11H23N3O2/c1-9(2)11(8-16-3,10(12)15)14-6-4-13-5-7-14/h9,13H,4-8H2,1-3H3,(H2,12,15). The number of methoxy groups -OCH3 is 1. The van der Waals surface area contributed by atoms with E-state index in [0.29, 0.717) is 6.61 Å². The summed E-state index contributed by atoms with van der Waals surface area (Å²) >= 11 is 0. The van der Waals surface area contributed by atoms with Gasteiger partial charge in [0.2, 0.25) is 5.91 Å². The fraction of sp³-hybridized carbons (Fsp3) is 0.909. The molecule has 1 unspecified atom stereocenters. The first-order valence-corrected chi connectivity index (χ1v) is 5.80. The van der Waals surface area contributed by atoms with Gasteiger partial charge in [-0.3, -0.25) is 9.69 Å². The van der Waals surface area contributed by atoms with Crippen molar-refractivity contribution in [1.29, 1.82) is 0 Å². The molecule has 5 heteroatoms. The van der Waals surface area contributed by atoms with E-state index in [-0.39, 0.29) is 11.8 Å². The number of nitrogens with one attached hydrogen (secondary N) is 1. The number of ether oxygens (including phenoxy) is 1. The second-order valence-electron chi connectivity index (χ2n) is 4.61. The van der Waals surface area contributed by atoms with Gasteiger partial charge in [-0.05, 0) is 5.92 Å². The van der Waals surface area contributed by atoms with Crippen LogP contribution in [0.15, 0.2) is 0 Å². The molecule has 0 aliphatic carbocycles. The summed E-state index contributed by atoms with van der Waals surface area (Å²) in [6.07, 6.45) is 0. The SMILES string of the molecule is COCC(C(N)=O)(C(C)C)N1CCNCC1. The maximum atomic E-state index is 11.8. The lowest BCUT2D eigenvalue weighted by atomic mass is 9.84. The van der Waals surface area contributed by atoms with E-state index < -0.39 is 5.54 Å². The minimum absolute atomic E-state index is 0.142. The summed E-state index contributed by atoms with van der Waals surface area (Å²) in [6.45, 7) is 7.86. The Morgan fingerprint density at radius 3 is 2.44 bits per heavy atom. The third-order valence-corrected chi connectivity index (χ3v) is 3.43. The zero-order valence-corrected chi connectivity index (χ0v) is 10.5. The van der Waals surface area contributed by atoms with Crippen LogP contribution < -0.4 is 11.1 Å². The Kier molecular flexibility index (Phi) is 4.70.